The Kier molecular flexibility index (Phi) is 2.16. The van der Waals surface area contributed by atoms with Crippen molar-refractivity contribution in [2.75, 3.05) is 5.73 Å². The van der Waals surface area contributed by atoms with E-state index in [9.17, 15) is 0 Å². The number of rotatable bonds is 1. The van der Waals surface area contributed by atoms with Crippen molar-refractivity contribution in [1.29, 1.82) is 0 Å². The Morgan fingerprint density at radius 1 is 1.29 bits per heavy atom. The summed E-state index contributed by atoms with van der Waals surface area (Å²) in [6, 6.07) is 6.18. The van der Waals surface area contributed by atoms with Gasteiger partial charge in [0.05, 0.1) is 16.6 Å². The minimum Gasteiger partial charge on any atom is -0.383 e. The van der Waals surface area contributed by atoms with Crippen LogP contribution in [-0.2, 0) is 7.05 Å². The first kappa shape index (κ1) is 10.3. The van der Waals surface area contributed by atoms with Gasteiger partial charge < -0.3 is 5.73 Å². The van der Waals surface area contributed by atoms with Crippen molar-refractivity contribution in [3.8, 4) is 11.1 Å². The second-order valence-electron chi connectivity index (χ2n) is 4.01. The fourth-order valence-electron chi connectivity index (χ4n) is 2.02. The van der Waals surface area contributed by atoms with Crippen LogP contribution in [-0.4, -0.2) is 14.2 Å². The van der Waals surface area contributed by atoms with Crippen molar-refractivity contribution >= 4 is 27.4 Å². The minimum absolute atomic E-state index is 0.683. The molecule has 0 fully saturated rings. The summed E-state index contributed by atoms with van der Waals surface area (Å²) in [7, 11) is 1.84. The van der Waals surface area contributed by atoms with Gasteiger partial charge in [0, 0.05) is 18.0 Å². The molecule has 5 heteroatoms. The van der Waals surface area contributed by atoms with Gasteiger partial charge in [0.2, 0.25) is 0 Å². The smallest absolute Gasteiger partial charge is 0.129 e. The fraction of sp³-hybridized carbons (Fsp3) is 0.167. The van der Waals surface area contributed by atoms with E-state index in [1.54, 1.807) is 10.9 Å². The Morgan fingerprint density at radius 2 is 2.12 bits per heavy atom. The fourth-order valence-corrected chi connectivity index (χ4v) is 2.84. The van der Waals surface area contributed by atoms with Crippen LogP contribution in [0.15, 0.2) is 24.4 Å². The van der Waals surface area contributed by atoms with Crippen LogP contribution >= 0.6 is 11.5 Å². The van der Waals surface area contributed by atoms with Gasteiger partial charge in [-0.15, -0.1) is 0 Å². The maximum absolute atomic E-state index is 6.03. The van der Waals surface area contributed by atoms with Gasteiger partial charge in [-0.05, 0) is 30.1 Å². The average Bonchev–Trinajstić information content (AvgIpc) is 2.86. The lowest BCUT2D eigenvalue weighted by molar-refractivity contribution is 0.779. The molecule has 2 N–H and O–H groups in total. The molecule has 1 aromatic carbocycles. The molecule has 0 aliphatic heterocycles. The Morgan fingerprint density at radius 3 is 2.82 bits per heavy atom. The molecule has 0 unspecified atom stereocenters. The summed E-state index contributed by atoms with van der Waals surface area (Å²) in [6.45, 7) is 2.02. The zero-order valence-corrected chi connectivity index (χ0v) is 10.5. The van der Waals surface area contributed by atoms with E-state index >= 15 is 0 Å². The molecule has 0 atom stereocenters. The topological polar surface area (TPSA) is 56.7 Å². The molecule has 17 heavy (non-hydrogen) atoms. The van der Waals surface area contributed by atoms with Crippen LogP contribution in [0.5, 0.6) is 0 Å². The number of nitrogens with two attached hydrogens (primary N) is 1. The second-order valence-corrected chi connectivity index (χ2v) is 4.82. The molecule has 0 spiro atoms. The summed E-state index contributed by atoms with van der Waals surface area (Å²) in [5.41, 5.74) is 9.16. The van der Waals surface area contributed by atoms with Crippen molar-refractivity contribution in [3.63, 3.8) is 0 Å². The van der Waals surface area contributed by atoms with Gasteiger partial charge in [-0.1, -0.05) is 12.1 Å². The maximum atomic E-state index is 6.03. The minimum atomic E-state index is 0.683. The molecule has 3 rings (SSSR count). The van der Waals surface area contributed by atoms with Crippen molar-refractivity contribution < 1.29 is 0 Å². The number of aryl methyl sites for hydroxylation is 2. The van der Waals surface area contributed by atoms with Gasteiger partial charge in [0.25, 0.3) is 0 Å². The summed E-state index contributed by atoms with van der Waals surface area (Å²) in [4.78, 5) is 0. The highest BCUT2D eigenvalue weighted by Gasteiger charge is 2.13. The van der Waals surface area contributed by atoms with Crippen LogP contribution in [0, 0.1) is 6.92 Å². The Balaban J connectivity index is 2.37. The lowest BCUT2D eigenvalue weighted by atomic mass is 10.0. The number of fused-ring (bicyclic) bond motifs is 1. The van der Waals surface area contributed by atoms with Crippen LogP contribution in [0.3, 0.4) is 0 Å². The summed E-state index contributed by atoms with van der Waals surface area (Å²) in [5, 5.41) is 5.37. The highest BCUT2D eigenvalue weighted by Crippen LogP contribution is 2.35. The van der Waals surface area contributed by atoms with Crippen LogP contribution in [0.25, 0.3) is 21.2 Å². The van der Waals surface area contributed by atoms with Crippen molar-refractivity contribution in [2.45, 2.75) is 6.92 Å². The van der Waals surface area contributed by atoms with Gasteiger partial charge >= 0.3 is 0 Å². The first-order valence-electron chi connectivity index (χ1n) is 5.31. The van der Waals surface area contributed by atoms with Crippen LogP contribution in [0.1, 0.15) is 5.69 Å². The lowest BCUT2D eigenvalue weighted by Crippen LogP contribution is -1.98. The van der Waals surface area contributed by atoms with E-state index in [1.807, 2.05) is 20.0 Å². The Hall–Kier alpha value is -1.88. The molecule has 2 heterocycles. The highest BCUT2D eigenvalue weighted by atomic mass is 32.1. The Bertz CT molecular complexity index is 696. The van der Waals surface area contributed by atoms with E-state index in [1.165, 1.54) is 21.6 Å². The number of anilines is 1. The van der Waals surface area contributed by atoms with Gasteiger partial charge in [0.15, 0.2) is 0 Å². The normalized spacial score (nSPS) is 11.2. The van der Waals surface area contributed by atoms with E-state index < -0.39 is 0 Å². The SMILES string of the molecule is Cc1nsc2cccc(-c3cnn(C)c3N)c12. The lowest BCUT2D eigenvalue weighted by Gasteiger charge is -2.03. The molecule has 0 aliphatic rings. The van der Waals surface area contributed by atoms with Crippen LogP contribution in [0.4, 0.5) is 5.82 Å². The monoisotopic (exact) mass is 244 g/mol. The summed E-state index contributed by atoms with van der Waals surface area (Å²) in [6.07, 6.45) is 1.81. The number of hydrogen-bond donors (Lipinski definition) is 1. The van der Waals surface area contributed by atoms with E-state index in [0.29, 0.717) is 5.82 Å². The van der Waals surface area contributed by atoms with E-state index in [-0.39, 0.29) is 0 Å². The standard InChI is InChI=1S/C12H12N4S/c1-7-11-8(4-3-5-10(11)17-15-7)9-6-14-16(2)12(9)13/h3-6H,13H2,1-2H3. The third kappa shape index (κ3) is 1.43. The average molecular weight is 244 g/mol. The molecule has 86 valence electrons. The first-order chi connectivity index (χ1) is 8.18. The highest BCUT2D eigenvalue weighted by molar-refractivity contribution is 7.13. The molecular weight excluding hydrogens is 232 g/mol. The third-order valence-corrected chi connectivity index (χ3v) is 3.85. The largest absolute Gasteiger partial charge is 0.383 e. The number of hydrogen-bond acceptors (Lipinski definition) is 4. The number of nitrogen functional groups attached to an aromatic ring is 1. The summed E-state index contributed by atoms with van der Waals surface area (Å²) >= 11 is 1.52. The third-order valence-electron chi connectivity index (χ3n) is 2.94. The van der Waals surface area contributed by atoms with Gasteiger partial charge in [0.1, 0.15) is 5.82 Å². The van der Waals surface area contributed by atoms with Crippen molar-refractivity contribution in [3.05, 3.63) is 30.1 Å². The molecule has 2 aromatic heterocycles. The molecule has 0 radical (unpaired) electrons. The maximum Gasteiger partial charge on any atom is 0.129 e. The van der Waals surface area contributed by atoms with Gasteiger partial charge in [-0.25, -0.2) is 0 Å². The quantitative estimate of drug-likeness (QED) is 0.715. The van der Waals surface area contributed by atoms with Crippen molar-refractivity contribution in [1.82, 2.24) is 14.2 Å². The Labute approximate surface area is 103 Å². The number of benzene rings is 1. The molecule has 0 amide bonds. The van der Waals surface area contributed by atoms with Crippen LogP contribution < -0.4 is 5.73 Å². The summed E-state index contributed by atoms with van der Waals surface area (Å²) < 4.78 is 7.26. The van der Waals surface area contributed by atoms with Crippen LogP contribution in [0.2, 0.25) is 0 Å². The predicted octanol–water partition coefficient (Wildman–Crippen LogP) is 2.59. The van der Waals surface area contributed by atoms with Crippen molar-refractivity contribution in [2.24, 2.45) is 7.05 Å². The predicted molar refractivity (Wildman–Crippen MR) is 71.0 cm³/mol. The number of nitrogens with zero attached hydrogens (tertiary/aromatic N) is 3. The first-order valence-corrected chi connectivity index (χ1v) is 6.08. The molecule has 0 saturated carbocycles. The van der Waals surface area contributed by atoms with E-state index in [4.69, 9.17) is 5.73 Å². The van der Waals surface area contributed by atoms with E-state index in [2.05, 4.69) is 21.6 Å². The summed E-state index contributed by atoms with van der Waals surface area (Å²) in [5.74, 6) is 0.683. The molecule has 0 bridgehead atoms. The number of aromatic nitrogens is 3. The van der Waals surface area contributed by atoms with E-state index in [0.717, 1.165) is 16.8 Å². The second kappa shape index (κ2) is 3.56. The molecule has 0 aliphatic carbocycles. The molecule has 3 aromatic rings. The zero-order chi connectivity index (χ0) is 12.0. The molecule has 4 nitrogen and oxygen atoms in total. The zero-order valence-electron chi connectivity index (χ0n) is 9.64. The van der Waals surface area contributed by atoms with Gasteiger partial charge in [-0.2, -0.15) is 9.47 Å². The molecule has 0 saturated heterocycles. The van der Waals surface area contributed by atoms with Gasteiger partial charge in [-0.3, -0.25) is 4.68 Å². The molecular formula is C12H12N4S.